The van der Waals surface area contributed by atoms with Gasteiger partial charge < -0.3 is 25.5 Å². The molecule has 0 aliphatic heterocycles. The Morgan fingerprint density at radius 2 is 1.93 bits per heavy atom. The molecule has 1 aromatic rings. The maximum Gasteiger partial charge on any atom is 0.407 e. The molecule has 27 heavy (non-hydrogen) atoms. The van der Waals surface area contributed by atoms with Crippen LogP contribution in [0.1, 0.15) is 39.7 Å². The number of nitrogens with one attached hydrogen (secondary N) is 2. The van der Waals surface area contributed by atoms with Gasteiger partial charge in [0.15, 0.2) is 0 Å². The number of alkyl carbamates (subject to hydrolysis) is 1. The number of aliphatic hydroxyl groups is 1. The van der Waals surface area contributed by atoms with Crippen LogP contribution in [0.2, 0.25) is 0 Å². The third-order valence-electron chi connectivity index (χ3n) is 4.09. The van der Waals surface area contributed by atoms with Gasteiger partial charge in [-0.2, -0.15) is 0 Å². The number of hydrogen-bond acceptors (Lipinski definition) is 5. The zero-order chi connectivity index (χ0) is 20.3. The molecular formula is C21H35N3O3. The highest BCUT2D eigenvalue weighted by molar-refractivity contribution is 5.68. The predicted molar refractivity (Wildman–Crippen MR) is 110 cm³/mol. The Bertz CT molecular complexity index is 558. The van der Waals surface area contributed by atoms with E-state index in [9.17, 15) is 9.90 Å². The van der Waals surface area contributed by atoms with Gasteiger partial charge in [0.25, 0.3) is 0 Å². The summed E-state index contributed by atoms with van der Waals surface area (Å²) in [6, 6.07) is 9.35. The molecule has 3 N–H and O–H groups in total. The van der Waals surface area contributed by atoms with Gasteiger partial charge in [0.1, 0.15) is 5.60 Å². The van der Waals surface area contributed by atoms with Gasteiger partial charge in [-0.25, -0.2) is 4.79 Å². The van der Waals surface area contributed by atoms with E-state index < -0.39 is 23.8 Å². The van der Waals surface area contributed by atoms with Gasteiger partial charge in [0.05, 0.1) is 12.1 Å². The number of carbonyl (C=O) groups is 1. The lowest BCUT2D eigenvalue weighted by Gasteiger charge is -2.27. The highest BCUT2D eigenvalue weighted by Gasteiger charge is 2.25. The number of nitrogens with zero attached hydrogens (tertiary/aromatic N) is 1. The van der Waals surface area contributed by atoms with Crippen LogP contribution in [0.25, 0.3) is 0 Å². The Morgan fingerprint density at radius 3 is 2.52 bits per heavy atom. The first-order chi connectivity index (χ1) is 12.7. The van der Waals surface area contributed by atoms with E-state index in [1.165, 1.54) is 0 Å². The van der Waals surface area contributed by atoms with E-state index >= 15 is 0 Å². The Morgan fingerprint density at radius 1 is 1.26 bits per heavy atom. The summed E-state index contributed by atoms with van der Waals surface area (Å²) in [4.78, 5) is 16.1. The van der Waals surface area contributed by atoms with E-state index in [2.05, 4.69) is 29.3 Å². The summed E-state index contributed by atoms with van der Waals surface area (Å²) in [5.41, 5.74) is 0.460. The summed E-state index contributed by atoms with van der Waals surface area (Å²) in [5, 5.41) is 16.7. The number of aliphatic hydroxyl groups excluding tert-OH is 1. The number of aliphatic imine (C=N–C) groups is 1. The van der Waals surface area contributed by atoms with E-state index in [4.69, 9.17) is 4.74 Å². The lowest BCUT2D eigenvalue weighted by Crippen LogP contribution is -2.50. The van der Waals surface area contributed by atoms with Crippen LogP contribution in [0.15, 0.2) is 35.3 Å². The summed E-state index contributed by atoms with van der Waals surface area (Å²) in [6.07, 6.45) is 0.227. The molecule has 0 bridgehead atoms. The summed E-state index contributed by atoms with van der Waals surface area (Å²) in [7, 11) is 0. The minimum Gasteiger partial charge on any atom is -0.444 e. The number of rotatable bonds is 11. The molecule has 0 saturated carbocycles. The second-order valence-corrected chi connectivity index (χ2v) is 8.01. The summed E-state index contributed by atoms with van der Waals surface area (Å²) < 4.78 is 5.35. The molecule has 0 aliphatic rings. The van der Waals surface area contributed by atoms with Crippen LogP contribution in [-0.4, -0.2) is 55.3 Å². The van der Waals surface area contributed by atoms with Gasteiger partial charge in [-0.3, -0.25) is 0 Å². The molecule has 6 nitrogen and oxygen atoms in total. The first-order valence-electron chi connectivity index (χ1n) is 9.56. The van der Waals surface area contributed by atoms with Gasteiger partial charge in [0.2, 0.25) is 0 Å². The monoisotopic (exact) mass is 377 g/mol. The molecule has 0 radical (unpaired) electrons. The molecule has 0 aromatic heterocycles. The topological polar surface area (TPSA) is 83.0 Å². The fourth-order valence-electron chi connectivity index (χ4n) is 2.64. The SMILES string of the molecule is C=NCCC(C)CNCC(O)[C@H](Cc1ccccc1)NC(=O)OC(C)(C)C. The number of carbonyl (C=O) groups excluding carboxylic acids is 1. The average molecular weight is 378 g/mol. The second-order valence-electron chi connectivity index (χ2n) is 8.01. The Labute approximate surface area is 163 Å². The zero-order valence-electron chi connectivity index (χ0n) is 17.1. The Kier molecular flexibility index (Phi) is 10.0. The van der Waals surface area contributed by atoms with Crippen molar-refractivity contribution in [3.05, 3.63) is 35.9 Å². The van der Waals surface area contributed by atoms with Crippen molar-refractivity contribution >= 4 is 12.8 Å². The van der Waals surface area contributed by atoms with Crippen LogP contribution < -0.4 is 10.6 Å². The summed E-state index contributed by atoms with van der Waals surface area (Å²) >= 11 is 0. The second kappa shape index (κ2) is 11.7. The number of ether oxygens (including phenoxy) is 1. The van der Waals surface area contributed by atoms with Crippen molar-refractivity contribution in [1.29, 1.82) is 0 Å². The minimum atomic E-state index is -0.734. The highest BCUT2D eigenvalue weighted by Crippen LogP contribution is 2.10. The quantitative estimate of drug-likeness (QED) is 0.518. The van der Waals surface area contributed by atoms with Crippen LogP contribution >= 0.6 is 0 Å². The van der Waals surface area contributed by atoms with Crippen molar-refractivity contribution in [3.63, 3.8) is 0 Å². The molecule has 1 amide bonds. The molecule has 3 atom stereocenters. The minimum absolute atomic E-state index is 0.388. The van der Waals surface area contributed by atoms with E-state index in [1.807, 2.05) is 51.1 Å². The zero-order valence-corrected chi connectivity index (χ0v) is 17.1. The largest absolute Gasteiger partial charge is 0.444 e. The molecule has 1 rings (SSSR count). The van der Waals surface area contributed by atoms with Crippen molar-refractivity contribution in [3.8, 4) is 0 Å². The van der Waals surface area contributed by atoms with E-state index in [1.54, 1.807) is 0 Å². The van der Waals surface area contributed by atoms with E-state index in [0.717, 1.165) is 25.1 Å². The third kappa shape index (κ3) is 10.7. The molecule has 0 aliphatic carbocycles. The van der Waals surface area contributed by atoms with Crippen molar-refractivity contribution < 1.29 is 14.6 Å². The normalized spacial score (nSPS) is 14.9. The number of hydrogen-bond donors (Lipinski definition) is 3. The van der Waals surface area contributed by atoms with Crippen LogP contribution in [0.5, 0.6) is 0 Å². The van der Waals surface area contributed by atoms with Crippen molar-refractivity contribution in [2.75, 3.05) is 19.6 Å². The summed E-state index contributed by atoms with van der Waals surface area (Å²) in [5.74, 6) is 0.439. The van der Waals surface area contributed by atoms with Gasteiger partial charge in [0, 0.05) is 13.1 Å². The van der Waals surface area contributed by atoms with Crippen molar-refractivity contribution in [2.45, 2.75) is 58.3 Å². The molecule has 0 fully saturated rings. The first-order valence-corrected chi connectivity index (χ1v) is 9.56. The molecule has 1 aromatic carbocycles. The molecule has 2 unspecified atom stereocenters. The Balaban J connectivity index is 2.63. The van der Waals surface area contributed by atoms with Gasteiger partial charge in [-0.15, -0.1) is 0 Å². The smallest absolute Gasteiger partial charge is 0.407 e. The standard InChI is InChI=1S/C21H35N3O3/c1-16(11-12-22-5)14-23-15-19(25)18(13-17-9-7-6-8-10-17)24-20(26)27-21(2,3)4/h6-10,16,18-19,23,25H,5,11-15H2,1-4H3,(H,24,26)/t16?,18-,19?/m0/s1. The molecular weight excluding hydrogens is 342 g/mol. The van der Waals surface area contributed by atoms with E-state index in [-0.39, 0.29) is 0 Å². The van der Waals surface area contributed by atoms with Crippen molar-refractivity contribution in [2.24, 2.45) is 10.9 Å². The molecule has 0 saturated heterocycles. The fraction of sp³-hybridized carbons (Fsp3) is 0.619. The molecule has 152 valence electrons. The lowest BCUT2D eigenvalue weighted by atomic mass is 10.0. The molecule has 0 spiro atoms. The number of benzene rings is 1. The fourth-order valence-corrected chi connectivity index (χ4v) is 2.64. The van der Waals surface area contributed by atoms with Gasteiger partial charge >= 0.3 is 6.09 Å². The van der Waals surface area contributed by atoms with Gasteiger partial charge in [-0.05, 0) is 58.4 Å². The van der Waals surface area contributed by atoms with E-state index in [0.29, 0.717) is 18.9 Å². The summed E-state index contributed by atoms with van der Waals surface area (Å²) in [6.45, 7) is 13.0. The lowest BCUT2D eigenvalue weighted by molar-refractivity contribution is 0.0422. The van der Waals surface area contributed by atoms with Crippen LogP contribution in [0, 0.1) is 5.92 Å². The Hall–Kier alpha value is -1.92. The number of amides is 1. The average Bonchev–Trinajstić information content (AvgIpc) is 2.58. The maximum absolute atomic E-state index is 12.2. The third-order valence-corrected chi connectivity index (χ3v) is 4.09. The highest BCUT2D eigenvalue weighted by atomic mass is 16.6. The van der Waals surface area contributed by atoms with Crippen LogP contribution in [0.4, 0.5) is 4.79 Å². The molecule has 6 heteroatoms. The van der Waals surface area contributed by atoms with Crippen LogP contribution in [0.3, 0.4) is 0 Å². The van der Waals surface area contributed by atoms with Crippen molar-refractivity contribution in [1.82, 2.24) is 10.6 Å². The maximum atomic E-state index is 12.2. The predicted octanol–water partition coefficient (Wildman–Crippen LogP) is 2.80. The molecule has 0 heterocycles. The van der Waals surface area contributed by atoms with Crippen LogP contribution in [-0.2, 0) is 11.2 Å². The first kappa shape index (κ1) is 23.1. The van der Waals surface area contributed by atoms with Gasteiger partial charge in [-0.1, -0.05) is 37.3 Å².